The molecule has 0 saturated carbocycles. The second-order valence-corrected chi connectivity index (χ2v) is 5.14. The van der Waals surface area contributed by atoms with Gasteiger partial charge >= 0.3 is 0 Å². The first-order valence-corrected chi connectivity index (χ1v) is 7.40. The molecule has 0 unspecified atom stereocenters. The van der Waals surface area contributed by atoms with Crippen LogP contribution in [0.5, 0.6) is 5.75 Å². The molecule has 0 spiro atoms. The van der Waals surface area contributed by atoms with Gasteiger partial charge in [-0.2, -0.15) is 0 Å². The van der Waals surface area contributed by atoms with Crippen LogP contribution in [0.15, 0.2) is 42.5 Å². The number of carbonyl (C=O) groups excluding carboxylic acids is 1. The molecule has 0 radical (unpaired) electrons. The minimum absolute atomic E-state index is 0.0183. The molecule has 0 aliphatic heterocycles. The summed E-state index contributed by atoms with van der Waals surface area (Å²) in [6.07, 6.45) is -0.603. The zero-order chi connectivity index (χ0) is 17.7. The maximum Gasteiger partial charge on any atom is 0.274 e. The van der Waals surface area contributed by atoms with E-state index in [-0.39, 0.29) is 11.4 Å². The molecule has 2 aromatic carbocycles. The van der Waals surface area contributed by atoms with Crippen molar-refractivity contribution in [3.63, 3.8) is 0 Å². The molecule has 2 rings (SSSR count). The quantitative estimate of drug-likeness (QED) is 0.644. The standard InChI is InChI=1S/C17H17FN2O4/c1-3-15(24-16-10-5-4-7-12(16)18)17(21)19-13-8-6-9-14(11(13)2)20(22)23/h4-10,15H,3H2,1-2H3,(H,19,21)/t15-/m0/s1. The third-order valence-corrected chi connectivity index (χ3v) is 3.53. The molecule has 0 heterocycles. The van der Waals surface area contributed by atoms with Gasteiger partial charge < -0.3 is 10.1 Å². The van der Waals surface area contributed by atoms with Gasteiger partial charge in [0.15, 0.2) is 17.7 Å². The minimum Gasteiger partial charge on any atom is -0.478 e. The SMILES string of the molecule is CC[C@H](Oc1ccccc1F)C(=O)Nc1cccc([N+](=O)[O-])c1C. The number of nitrogens with zero attached hydrogens (tertiary/aromatic N) is 1. The maximum absolute atomic E-state index is 13.7. The highest BCUT2D eigenvalue weighted by Gasteiger charge is 2.22. The van der Waals surface area contributed by atoms with Gasteiger partial charge in [-0.3, -0.25) is 14.9 Å². The lowest BCUT2D eigenvalue weighted by Crippen LogP contribution is -2.32. The fraction of sp³-hybridized carbons (Fsp3) is 0.235. The number of para-hydroxylation sites is 1. The molecule has 0 aliphatic rings. The molecule has 6 nitrogen and oxygen atoms in total. The lowest BCUT2D eigenvalue weighted by Gasteiger charge is -2.18. The van der Waals surface area contributed by atoms with E-state index in [1.165, 1.54) is 30.3 Å². The number of hydrogen-bond donors (Lipinski definition) is 1. The number of amides is 1. The van der Waals surface area contributed by atoms with Crippen LogP contribution in [0.1, 0.15) is 18.9 Å². The Morgan fingerprint density at radius 2 is 2.00 bits per heavy atom. The van der Waals surface area contributed by atoms with Gasteiger partial charge in [-0.1, -0.05) is 25.1 Å². The summed E-state index contributed by atoms with van der Waals surface area (Å²) in [5.41, 5.74) is 0.581. The Hall–Kier alpha value is -2.96. The number of benzene rings is 2. The van der Waals surface area contributed by atoms with Crippen molar-refractivity contribution in [3.05, 3.63) is 64.0 Å². The highest BCUT2D eigenvalue weighted by Crippen LogP contribution is 2.26. The van der Waals surface area contributed by atoms with Crippen LogP contribution in [0, 0.1) is 22.9 Å². The van der Waals surface area contributed by atoms with Crippen LogP contribution in [0.25, 0.3) is 0 Å². The molecule has 24 heavy (non-hydrogen) atoms. The Morgan fingerprint density at radius 1 is 1.29 bits per heavy atom. The lowest BCUT2D eigenvalue weighted by atomic mass is 10.1. The van der Waals surface area contributed by atoms with Gasteiger partial charge in [-0.15, -0.1) is 0 Å². The maximum atomic E-state index is 13.7. The molecule has 1 atom stereocenters. The average molecular weight is 332 g/mol. The van der Waals surface area contributed by atoms with Gasteiger partial charge in [0.2, 0.25) is 0 Å². The fourth-order valence-corrected chi connectivity index (χ4v) is 2.19. The monoisotopic (exact) mass is 332 g/mol. The van der Waals surface area contributed by atoms with Crippen molar-refractivity contribution < 1.29 is 18.8 Å². The Kier molecular flexibility index (Phi) is 5.47. The number of nitro benzene ring substituents is 1. The van der Waals surface area contributed by atoms with Crippen LogP contribution in [-0.2, 0) is 4.79 Å². The lowest BCUT2D eigenvalue weighted by molar-refractivity contribution is -0.385. The van der Waals surface area contributed by atoms with E-state index in [4.69, 9.17) is 4.74 Å². The van der Waals surface area contributed by atoms with Crippen LogP contribution in [-0.4, -0.2) is 16.9 Å². The van der Waals surface area contributed by atoms with Gasteiger partial charge in [-0.05, 0) is 31.5 Å². The van der Waals surface area contributed by atoms with Crippen LogP contribution < -0.4 is 10.1 Å². The van der Waals surface area contributed by atoms with E-state index < -0.39 is 22.8 Å². The number of nitro groups is 1. The number of halogens is 1. The molecule has 1 amide bonds. The zero-order valence-corrected chi connectivity index (χ0v) is 13.3. The minimum atomic E-state index is -0.916. The highest BCUT2D eigenvalue weighted by atomic mass is 19.1. The molecule has 0 fully saturated rings. The molecule has 2 aromatic rings. The summed E-state index contributed by atoms with van der Waals surface area (Å²) in [5, 5.41) is 13.6. The van der Waals surface area contributed by atoms with Crippen LogP contribution in [0.4, 0.5) is 15.8 Å². The van der Waals surface area contributed by atoms with Crippen molar-refractivity contribution in [2.24, 2.45) is 0 Å². The second kappa shape index (κ2) is 7.54. The van der Waals surface area contributed by atoms with Gasteiger partial charge in [0.05, 0.1) is 16.2 Å². The van der Waals surface area contributed by atoms with Crippen molar-refractivity contribution >= 4 is 17.3 Å². The number of nitrogens with one attached hydrogen (secondary N) is 1. The van der Waals surface area contributed by atoms with Crippen molar-refractivity contribution in [3.8, 4) is 5.75 Å². The fourth-order valence-electron chi connectivity index (χ4n) is 2.19. The second-order valence-electron chi connectivity index (χ2n) is 5.14. The molecule has 126 valence electrons. The first-order chi connectivity index (χ1) is 11.4. The van der Waals surface area contributed by atoms with Crippen molar-refractivity contribution in [2.45, 2.75) is 26.4 Å². The Balaban J connectivity index is 2.17. The van der Waals surface area contributed by atoms with Crippen molar-refractivity contribution in [1.29, 1.82) is 0 Å². The summed E-state index contributed by atoms with van der Waals surface area (Å²) in [4.78, 5) is 22.8. The summed E-state index contributed by atoms with van der Waals surface area (Å²) in [6, 6.07) is 10.2. The number of rotatable bonds is 6. The number of carbonyl (C=O) groups is 1. The number of anilines is 1. The normalized spacial score (nSPS) is 11.6. The largest absolute Gasteiger partial charge is 0.478 e. The predicted molar refractivity (Wildman–Crippen MR) is 87.6 cm³/mol. The van der Waals surface area contributed by atoms with Gasteiger partial charge in [0, 0.05) is 6.07 Å². The van der Waals surface area contributed by atoms with E-state index in [0.29, 0.717) is 17.7 Å². The summed E-state index contributed by atoms with van der Waals surface area (Å²) in [7, 11) is 0. The van der Waals surface area contributed by atoms with Gasteiger partial charge in [0.25, 0.3) is 11.6 Å². The van der Waals surface area contributed by atoms with E-state index in [9.17, 15) is 19.3 Å². The van der Waals surface area contributed by atoms with Gasteiger partial charge in [0.1, 0.15) is 0 Å². The van der Waals surface area contributed by atoms with Crippen molar-refractivity contribution in [1.82, 2.24) is 0 Å². The highest BCUT2D eigenvalue weighted by molar-refractivity contribution is 5.95. The Bertz CT molecular complexity index is 764. The molecule has 7 heteroatoms. The molecule has 0 saturated heterocycles. The van der Waals surface area contributed by atoms with E-state index in [1.807, 2.05) is 0 Å². The van der Waals surface area contributed by atoms with E-state index in [0.717, 1.165) is 0 Å². The third-order valence-electron chi connectivity index (χ3n) is 3.53. The van der Waals surface area contributed by atoms with Gasteiger partial charge in [-0.25, -0.2) is 4.39 Å². The molecular weight excluding hydrogens is 315 g/mol. The summed E-state index contributed by atoms with van der Waals surface area (Å²) in [5.74, 6) is -1.07. The smallest absolute Gasteiger partial charge is 0.274 e. The first kappa shape index (κ1) is 17.4. The molecular formula is C17H17FN2O4. The number of ether oxygens (including phenoxy) is 1. The van der Waals surface area contributed by atoms with E-state index in [1.54, 1.807) is 26.0 Å². The van der Waals surface area contributed by atoms with E-state index >= 15 is 0 Å². The molecule has 0 bridgehead atoms. The van der Waals surface area contributed by atoms with Crippen LogP contribution in [0.2, 0.25) is 0 Å². The molecule has 0 aromatic heterocycles. The third kappa shape index (κ3) is 3.87. The topological polar surface area (TPSA) is 81.5 Å². The van der Waals surface area contributed by atoms with Crippen molar-refractivity contribution in [2.75, 3.05) is 5.32 Å². The predicted octanol–water partition coefficient (Wildman–Crippen LogP) is 3.84. The Labute approximate surface area is 138 Å². The van der Waals surface area contributed by atoms with Crippen LogP contribution >= 0.6 is 0 Å². The van der Waals surface area contributed by atoms with Crippen LogP contribution in [0.3, 0.4) is 0 Å². The number of hydrogen-bond acceptors (Lipinski definition) is 4. The zero-order valence-electron chi connectivity index (χ0n) is 13.3. The first-order valence-electron chi connectivity index (χ1n) is 7.40. The summed E-state index contributed by atoms with van der Waals surface area (Å²) < 4.78 is 19.1. The Morgan fingerprint density at radius 3 is 2.62 bits per heavy atom. The molecule has 0 aliphatic carbocycles. The summed E-state index contributed by atoms with van der Waals surface area (Å²) >= 11 is 0. The average Bonchev–Trinajstić information content (AvgIpc) is 2.55. The summed E-state index contributed by atoms with van der Waals surface area (Å²) in [6.45, 7) is 3.28. The van der Waals surface area contributed by atoms with E-state index in [2.05, 4.69) is 5.32 Å². The molecule has 1 N–H and O–H groups in total.